The van der Waals surface area contributed by atoms with Gasteiger partial charge in [0.25, 0.3) is 19.5 Å². The van der Waals surface area contributed by atoms with Crippen LogP contribution in [0.2, 0.25) is 0 Å². The molecule has 0 aliphatic carbocycles. The molecule has 0 spiro atoms. The van der Waals surface area contributed by atoms with Gasteiger partial charge in [0.1, 0.15) is 65.6 Å². The van der Waals surface area contributed by atoms with Gasteiger partial charge in [-0.2, -0.15) is 0 Å². The zero-order valence-electron chi connectivity index (χ0n) is 70.6. The van der Waals surface area contributed by atoms with Gasteiger partial charge in [-0.05, 0) is 55.0 Å². The molecule has 6 aromatic rings. The Bertz CT molecular complexity index is 4500. The number of hydrogen-bond acceptors (Lipinski definition) is 12. The second-order valence-electron chi connectivity index (χ2n) is 13.9. The van der Waals surface area contributed by atoms with Crippen molar-refractivity contribution in [3.8, 4) is 0 Å². The van der Waals surface area contributed by atoms with Crippen LogP contribution >= 0.6 is 0 Å². The number of hydrogen-bond donors (Lipinski definition) is 3. The van der Waals surface area contributed by atoms with E-state index in [1.165, 1.54) is 43.8 Å². The van der Waals surface area contributed by atoms with Crippen molar-refractivity contribution < 1.29 is 61.0 Å². The van der Waals surface area contributed by atoms with Crippen molar-refractivity contribution in [3.63, 3.8) is 0 Å². The van der Waals surface area contributed by atoms with Crippen LogP contribution in [0.3, 0.4) is 0 Å². The molecule has 69 heavy (non-hydrogen) atoms. The maximum Gasteiger partial charge on any atom is 0.302 e. The average molecular weight is 971 g/mol. The van der Waals surface area contributed by atoms with Gasteiger partial charge in [-0.25, -0.2) is 49.6 Å². The standard InChI is InChI=1S/3C16H20N6O/c3*1-11-5-7-22(14(23)8-17-2)9-13(11)21(3)16-12-4-6-18-15(12)19-10-20-16/h3*4,6,10-11,13H,5,7-9H2,1,3H3,(H,18,19,20)/t3*11-,13+/m111/s1/i5D2,7D2,8D2,9D2,10D,11D,13D;1D3,5D2,7D2,8D2,9D2,10D,13D;5D2,7D2,8D2,9D2,10D,13D. The first kappa shape index (κ1) is 21.6. The molecule has 0 saturated carbocycles. The zero-order chi connectivity index (χ0) is 79.5. The number of anilines is 3. The second-order valence-corrected chi connectivity index (χ2v) is 13.9. The summed E-state index contributed by atoms with van der Waals surface area (Å²) >= 11 is 0. The van der Waals surface area contributed by atoms with Crippen molar-refractivity contribution in [1.82, 2.24) is 59.6 Å². The molecule has 360 valence electrons. The summed E-state index contributed by atoms with van der Waals surface area (Å²) in [4.78, 5) is 78.4. The fraction of sp³-hybridized carbons (Fsp3) is 0.500. The van der Waals surface area contributed by atoms with E-state index in [0.29, 0.717) is 9.80 Å². The number of H-pyrrole nitrogens is 3. The molecule has 3 aliphatic heterocycles. The van der Waals surface area contributed by atoms with Gasteiger partial charge in [0.05, 0.1) is 46.5 Å². The molecular formula is C48H60N18O3. The largest absolute Gasteiger partial charge is 0.354 e. The lowest BCUT2D eigenvalue weighted by Crippen LogP contribution is -2.53. The fourth-order valence-electron chi connectivity index (χ4n) is 6.40. The van der Waals surface area contributed by atoms with Gasteiger partial charge >= 0.3 is 17.7 Å². The van der Waals surface area contributed by atoms with E-state index in [9.17, 15) is 14.4 Å². The molecular weight excluding hydrogens is 877 g/mol. The van der Waals surface area contributed by atoms with Crippen molar-refractivity contribution in [2.75, 3.05) is 94.3 Å². The Morgan fingerprint density at radius 1 is 0.638 bits per heavy atom. The molecule has 6 aromatic heterocycles. The summed E-state index contributed by atoms with van der Waals surface area (Å²) in [6.07, 6.45) is -7.67. The third-order valence-corrected chi connectivity index (χ3v) is 9.70. The molecule has 0 aromatic carbocycles. The van der Waals surface area contributed by atoms with Crippen LogP contribution in [0.5, 0.6) is 0 Å². The molecule has 21 nitrogen and oxygen atoms in total. The quantitative estimate of drug-likeness (QED) is 0.169. The number of amides is 3. The number of piperidine rings is 3. The Morgan fingerprint density at radius 2 is 0.986 bits per heavy atom. The van der Waals surface area contributed by atoms with Crippen LogP contribution in [0, 0.1) is 37.4 Å². The minimum absolute atomic E-state index is 0.0397. The van der Waals surface area contributed by atoms with Crippen molar-refractivity contribution in [2.24, 2.45) is 17.7 Å². The number of carbonyl (C=O) groups is 3. The van der Waals surface area contributed by atoms with Crippen molar-refractivity contribution >= 4 is 68.3 Å². The van der Waals surface area contributed by atoms with E-state index in [1.54, 1.807) is 0 Å². The Balaban J connectivity index is 0.000000216. The SMILES string of the molecule is [2H]c1nc(N(C)[C@@]2([2H])C([2H])([2H])N(C(=O)C([2H])([2H])[N+]#[C-])C([2H])([2H])C([2H])([2H])[C@@]2([2H])C)c2cc[nH]c2n1.[2H]c1nc(N(C)[C@]2([2H])[C@H](C([2H])([2H])[2H])C([2H])([2H])C([2H])([2H])N(C(=O)C([2H])([2H])[N+]#[C-])C2([2H])[2H])c2cc[nH]c2n1.[2H]c1nc(N(C)[C@]2([2H])[C@H](C)C([2H])([2H])C([2H])([2H])N(C(=O)C([2H])([2H])[N+]#[C-])C2([2H])[2H])c2cc[nH]c2n1. The maximum atomic E-state index is 13.0. The van der Waals surface area contributed by atoms with Gasteiger partial charge < -0.3 is 58.9 Å². The zero-order valence-corrected chi connectivity index (χ0v) is 36.6. The maximum absolute atomic E-state index is 13.0. The molecule has 3 aliphatic rings. The summed E-state index contributed by atoms with van der Waals surface area (Å²) in [5.41, 5.74) is 0.335. The Kier molecular flexibility index (Phi) is 6.98. The minimum atomic E-state index is -3.83. The summed E-state index contributed by atoms with van der Waals surface area (Å²) in [6, 6.07) is -5.11. The van der Waals surface area contributed by atoms with Crippen LogP contribution in [0.4, 0.5) is 17.5 Å². The summed E-state index contributed by atoms with van der Waals surface area (Å²) in [5.74, 6) is -14.5. The average Bonchev–Trinajstić information content (AvgIpc) is 0.695. The number of likely N-dealkylation sites (N-methyl/N-ethyl adjacent to an activating group) is 3. The highest BCUT2D eigenvalue weighted by Crippen LogP contribution is 2.31. The Hall–Kier alpha value is -7.86. The van der Waals surface area contributed by atoms with Gasteiger partial charge in [-0.15, -0.1) is 0 Å². The first-order chi connectivity index (χ1) is 46.2. The molecule has 21 heteroatoms. The molecule has 3 fully saturated rings. The van der Waals surface area contributed by atoms with Crippen LogP contribution in [0.25, 0.3) is 47.6 Å². The number of aromatic amines is 3. The molecule has 0 unspecified atom stereocenters. The fourth-order valence-corrected chi connectivity index (χ4v) is 6.40. The highest BCUT2D eigenvalue weighted by Gasteiger charge is 2.36. The number of carbonyl (C=O) groups excluding carboxylic acids is 3. The first-order valence-electron chi connectivity index (χ1n) is 36.6. The van der Waals surface area contributed by atoms with Crippen molar-refractivity contribution in [1.29, 1.82) is 0 Å². The van der Waals surface area contributed by atoms with Gasteiger partial charge in [0, 0.05) is 101 Å². The monoisotopic (exact) mass is 971 g/mol. The summed E-state index contributed by atoms with van der Waals surface area (Å²) < 4.78 is 281. The number of nitrogens with one attached hydrogen (secondary N) is 3. The summed E-state index contributed by atoms with van der Waals surface area (Å²) in [5, 5.41) is 0.496. The third-order valence-electron chi connectivity index (χ3n) is 9.70. The lowest BCUT2D eigenvalue weighted by atomic mass is 9.92. The Labute approximate surface area is 449 Å². The number of aromatic nitrogens is 9. The Morgan fingerprint density at radius 3 is 1.38 bits per heavy atom. The van der Waals surface area contributed by atoms with Gasteiger partial charge in [0.2, 0.25) is 0 Å². The highest BCUT2D eigenvalue weighted by molar-refractivity contribution is 5.89. The third kappa shape index (κ3) is 11.0. The molecule has 3 amide bonds. The predicted molar refractivity (Wildman–Crippen MR) is 264 cm³/mol. The molecule has 3 N–H and O–H groups in total. The van der Waals surface area contributed by atoms with Crippen LogP contribution in [0.15, 0.2) is 55.7 Å². The molecule has 0 radical (unpaired) electrons. The molecule has 0 bridgehead atoms. The molecule has 3 saturated heterocycles. The van der Waals surface area contributed by atoms with E-state index < -0.39 is 172 Å². The smallest absolute Gasteiger partial charge is 0.302 e. The van der Waals surface area contributed by atoms with E-state index in [1.807, 2.05) is 0 Å². The predicted octanol–water partition coefficient (Wildman–Crippen LogP) is 4.65. The topological polar surface area (TPSA) is 208 Å². The molecule has 9 rings (SSSR count). The van der Waals surface area contributed by atoms with E-state index in [2.05, 4.69) is 59.4 Å². The number of rotatable bonds is 9. The first-order valence-corrected chi connectivity index (χ1v) is 19.6. The number of fused-ring (bicyclic) bond motifs is 3. The van der Waals surface area contributed by atoms with Gasteiger partial charge in [-0.1, -0.05) is 20.7 Å². The van der Waals surface area contributed by atoms with E-state index in [-0.39, 0.29) is 49.6 Å². The van der Waals surface area contributed by atoms with Crippen molar-refractivity contribution in [2.45, 2.75) is 57.9 Å². The normalized spacial score (nSPS) is 40.1. The van der Waals surface area contributed by atoms with E-state index >= 15 is 0 Å². The summed E-state index contributed by atoms with van der Waals surface area (Å²) in [6.45, 7) is -13.0. The lowest BCUT2D eigenvalue weighted by Gasteiger charge is -2.41. The number of nitrogens with zero attached hydrogens (tertiary/aromatic N) is 15. The molecule has 9 heterocycles. The van der Waals surface area contributed by atoms with Crippen LogP contribution in [0.1, 0.15) is 86.4 Å². The molecule has 6 atom stereocenters. The number of likely N-dealkylation sites (tertiary alicyclic amines) is 3. The van der Waals surface area contributed by atoms with Crippen LogP contribution in [-0.4, -0.2) is 175 Å². The van der Waals surface area contributed by atoms with Gasteiger partial charge in [0.15, 0.2) is 0 Å². The van der Waals surface area contributed by atoms with Crippen LogP contribution in [-0.2, 0) is 14.4 Å². The van der Waals surface area contributed by atoms with E-state index in [0.717, 1.165) is 32.8 Å². The van der Waals surface area contributed by atoms with Gasteiger partial charge in [-0.3, -0.25) is 14.4 Å². The van der Waals surface area contributed by atoms with Crippen molar-refractivity contribution in [3.05, 3.63) is 90.0 Å². The van der Waals surface area contributed by atoms with Crippen LogP contribution < -0.4 is 14.7 Å². The lowest BCUT2D eigenvalue weighted by molar-refractivity contribution is -0.131. The second kappa shape index (κ2) is 22.3. The minimum Gasteiger partial charge on any atom is -0.354 e. The summed E-state index contributed by atoms with van der Waals surface area (Å²) in [7, 11) is 3.20. The van der Waals surface area contributed by atoms with E-state index in [4.69, 9.17) is 66.3 Å². The highest BCUT2D eigenvalue weighted by atomic mass is 16.2.